The van der Waals surface area contributed by atoms with Crippen LogP contribution in [0.25, 0.3) is 22.2 Å². The summed E-state index contributed by atoms with van der Waals surface area (Å²) in [5.41, 5.74) is 3.04. The molecule has 4 fully saturated rings. The molecule has 244 valence electrons. The molecular weight excluding hydrogens is 633 g/mol. The molecule has 4 atom stereocenters. The second-order valence-electron chi connectivity index (χ2n) is 13.0. The van der Waals surface area contributed by atoms with Gasteiger partial charge in [-0.3, -0.25) is 4.90 Å². The zero-order valence-corrected chi connectivity index (χ0v) is 25.6. The number of nitrogens with two attached hydrogens (primary N) is 1. The van der Waals surface area contributed by atoms with E-state index >= 15 is 4.39 Å². The number of piperazine rings is 1. The van der Waals surface area contributed by atoms with Crippen molar-refractivity contribution in [3.8, 4) is 23.0 Å². The topological polar surface area (TPSA) is 102 Å². The Balaban J connectivity index is 1.33. The molecule has 0 spiro atoms. The number of rotatable bonds is 4. The smallest absolute Gasteiger partial charge is 0.418 e. The van der Waals surface area contributed by atoms with Gasteiger partial charge in [-0.05, 0) is 62.8 Å². The molecule has 3 N–H and O–H groups in total. The van der Waals surface area contributed by atoms with Crippen molar-refractivity contribution in [2.24, 2.45) is 0 Å². The average molecular weight is 664 g/mol. The number of aromatic nitrogens is 3. The SMILES string of the molecule is Cc1cc(N)nc(-c2c(Cl)c3c4c(nc(OC[C@@]56CCCN5C/C(=C\F)C6)nc4c2F)N2C[C@H]4CC[C@H](N4)[C@H]2CO3)c1C(F)(F)F. The molecule has 0 radical (unpaired) electrons. The standard InChI is InChI=1S/C31H31ClF5N7O2/c1-14-7-19(38)40-25(22(14)31(35,36)37)20-23(32)27-21-26(24(20)34)41-29(46-13-30-5-2-6-43(30)10-15(8-30)9-33)42-28(21)44-11-16-3-4-17(39-16)18(44)12-45-27/h7,9,16-18,39H,2-6,8,10-13H2,1H3,(H2,38,40)/b15-9-/t16-,17+,18-,30+/m1/s1. The molecule has 8 rings (SSSR count). The van der Waals surface area contributed by atoms with Crippen LogP contribution in [0.1, 0.15) is 43.2 Å². The number of fused-ring (bicyclic) bond motifs is 6. The van der Waals surface area contributed by atoms with Crippen LogP contribution in [0.2, 0.25) is 5.02 Å². The molecule has 2 aromatic heterocycles. The number of hydrogen-bond donors (Lipinski definition) is 2. The minimum Gasteiger partial charge on any atom is -0.489 e. The summed E-state index contributed by atoms with van der Waals surface area (Å²) < 4.78 is 86.1. The Morgan fingerprint density at radius 2 is 2.09 bits per heavy atom. The Morgan fingerprint density at radius 1 is 1.26 bits per heavy atom. The van der Waals surface area contributed by atoms with E-state index in [0.29, 0.717) is 37.2 Å². The van der Waals surface area contributed by atoms with Crippen LogP contribution in [0.5, 0.6) is 11.8 Å². The van der Waals surface area contributed by atoms with Gasteiger partial charge in [-0.2, -0.15) is 23.1 Å². The third-order valence-corrected chi connectivity index (χ3v) is 10.6. The maximum Gasteiger partial charge on any atom is 0.418 e. The molecule has 0 aliphatic carbocycles. The highest BCUT2D eigenvalue weighted by Gasteiger charge is 2.48. The molecule has 0 saturated carbocycles. The molecule has 0 unspecified atom stereocenters. The molecule has 0 amide bonds. The average Bonchev–Trinajstić information content (AvgIpc) is 3.64. The predicted octanol–water partition coefficient (Wildman–Crippen LogP) is 5.57. The quantitative estimate of drug-likeness (QED) is 0.347. The first-order valence-corrected chi connectivity index (χ1v) is 15.7. The third-order valence-electron chi connectivity index (χ3n) is 10.2. The van der Waals surface area contributed by atoms with E-state index in [1.54, 1.807) is 0 Å². The number of hydrogen-bond acceptors (Lipinski definition) is 9. The molecule has 5 aliphatic rings. The van der Waals surface area contributed by atoms with Gasteiger partial charge in [-0.25, -0.2) is 13.8 Å². The monoisotopic (exact) mass is 663 g/mol. The maximum atomic E-state index is 16.9. The third kappa shape index (κ3) is 4.50. The summed E-state index contributed by atoms with van der Waals surface area (Å²) >= 11 is 6.81. The van der Waals surface area contributed by atoms with Crippen LogP contribution in [0.15, 0.2) is 18.0 Å². The van der Waals surface area contributed by atoms with E-state index in [4.69, 9.17) is 31.8 Å². The summed E-state index contributed by atoms with van der Waals surface area (Å²) in [5.74, 6) is -1.03. The number of halogens is 6. The molecule has 1 aromatic carbocycles. The Kier molecular flexibility index (Phi) is 6.83. The Bertz CT molecular complexity index is 1810. The summed E-state index contributed by atoms with van der Waals surface area (Å²) in [6.45, 7) is 3.33. The lowest BCUT2D eigenvalue weighted by Crippen LogP contribution is -2.60. The van der Waals surface area contributed by atoms with Crippen LogP contribution >= 0.6 is 11.6 Å². The molecule has 2 bridgehead atoms. The summed E-state index contributed by atoms with van der Waals surface area (Å²) in [7, 11) is 0. The number of anilines is 2. The minimum atomic E-state index is -4.89. The molecule has 5 aliphatic heterocycles. The van der Waals surface area contributed by atoms with Crippen molar-refractivity contribution < 1.29 is 31.4 Å². The van der Waals surface area contributed by atoms with Crippen molar-refractivity contribution in [3.05, 3.63) is 39.9 Å². The van der Waals surface area contributed by atoms with Gasteiger partial charge in [0.15, 0.2) is 11.6 Å². The number of nitrogens with zero attached hydrogens (tertiary/aromatic N) is 5. The lowest BCUT2D eigenvalue weighted by molar-refractivity contribution is -0.137. The minimum absolute atomic E-state index is 0.0241. The van der Waals surface area contributed by atoms with E-state index in [1.807, 2.05) is 4.90 Å². The van der Waals surface area contributed by atoms with Gasteiger partial charge in [0.1, 0.15) is 30.4 Å². The second kappa shape index (κ2) is 10.5. The number of nitrogens with one attached hydrogen (secondary N) is 1. The van der Waals surface area contributed by atoms with Gasteiger partial charge < -0.3 is 25.4 Å². The van der Waals surface area contributed by atoms with Crippen molar-refractivity contribution >= 4 is 34.1 Å². The van der Waals surface area contributed by atoms with E-state index in [2.05, 4.69) is 20.2 Å². The largest absolute Gasteiger partial charge is 0.489 e. The number of ether oxygens (including phenoxy) is 2. The Morgan fingerprint density at radius 3 is 2.87 bits per heavy atom. The van der Waals surface area contributed by atoms with E-state index < -0.39 is 34.4 Å². The number of nitrogen functional groups attached to an aromatic ring is 1. The van der Waals surface area contributed by atoms with Crippen LogP contribution in [0.4, 0.5) is 33.6 Å². The van der Waals surface area contributed by atoms with Crippen LogP contribution in [-0.4, -0.2) is 76.4 Å². The number of pyridine rings is 1. The number of alkyl halides is 3. The highest BCUT2D eigenvalue weighted by Crippen LogP contribution is 2.51. The van der Waals surface area contributed by atoms with Gasteiger partial charge in [-0.15, -0.1) is 0 Å². The molecule has 46 heavy (non-hydrogen) atoms. The van der Waals surface area contributed by atoms with Crippen LogP contribution in [-0.2, 0) is 6.18 Å². The highest BCUT2D eigenvalue weighted by atomic mass is 35.5. The first-order chi connectivity index (χ1) is 22.0. The lowest BCUT2D eigenvalue weighted by atomic mass is 9.94. The van der Waals surface area contributed by atoms with Crippen molar-refractivity contribution in [2.75, 3.05) is 43.5 Å². The fourth-order valence-corrected chi connectivity index (χ4v) is 8.57. The van der Waals surface area contributed by atoms with Crippen LogP contribution in [0, 0.1) is 12.7 Å². The zero-order chi connectivity index (χ0) is 32.1. The second-order valence-corrected chi connectivity index (χ2v) is 13.4. The van der Waals surface area contributed by atoms with Crippen LogP contribution < -0.4 is 25.4 Å². The van der Waals surface area contributed by atoms with E-state index in [0.717, 1.165) is 38.3 Å². The zero-order valence-electron chi connectivity index (χ0n) is 24.9. The summed E-state index contributed by atoms with van der Waals surface area (Å²) in [6.07, 6.45) is -0.232. The van der Waals surface area contributed by atoms with Crippen molar-refractivity contribution in [1.82, 2.24) is 25.2 Å². The maximum absolute atomic E-state index is 16.9. The van der Waals surface area contributed by atoms with Gasteiger partial charge in [0.05, 0.1) is 45.1 Å². The van der Waals surface area contributed by atoms with Gasteiger partial charge >= 0.3 is 12.2 Å². The van der Waals surface area contributed by atoms with Crippen LogP contribution in [0.3, 0.4) is 0 Å². The van der Waals surface area contributed by atoms with Gasteiger partial charge in [0.2, 0.25) is 0 Å². The van der Waals surface area contributed by atoms with E-state index in [1.165, 1.54) is 6.92 Å². The number of aryl methyl sites for hydroxylation is 1. The van der Waals surface area contributed by atoms with Crippen molar-refractivity contribution in [3.63, 3.8) is 0 Å². The fourth-order valence-electron chi connectivity index (χ4n) is 8.24. The molecule has 9 nitrogen and oxygen atoms in total. The predicted molar refractivity (Wildman–Crippen MR) is 161 cm³/mol. The first kappa shape index (κ1) is 29.9. The molecule has 3 aromatic rings. The van der Waals surface area contributed by atoms with Gasteiger partial charge in [0, 0.05) is 25.2 Å². The normalized spacial score (nSPS) is 28.0. The lowest BCUT2D eigenvalue weighted by Gasteiger charge is -2.40. The molecule has 15 heteroatoms. The summed E-state index contributed by atoms with van der Waals surface area (Å²) in [4.78, 5) is 17.4. The van der Waals surface area contributed by atoms with Crippen molar-refractivity contribution in [2.45, 2.75) is 68.9 Å². The summed E-state index contributed by atoms with van der Waals surface area (Å²) in [6, 6.07) is 0.944. The molecule has 7 heterocycles. The van der Waals surface area contributed by atoms with Crippen molar-refractivity contribution in [1.29, 1.82) is 0 Å². The highest BCUT2D eigenvalue weighted by molar-refractivity contribution is 6.36. The first-order valence-electron chi connectivity index (χ1n) is 15.4. The van der Waals surface area contributed by atoms with Gasteiger partial charge in [-0.1, -0.05) is 11.6 Å². The van der Waals surface area contributed by atoms with E-state index in [-0.39, 0.29) is 70.4 Å². The van der Waals surface area contributed by atoms with E-state index in [9.17, 15) is 17.6 Å². The Hall–Kier alpha value is -3.49. The molecule has 4 saturated heterocycles. The van der Waals surface area contributed by atoms with Gasteiger partial charge in [0.25, 0.3) is 0 Å². The fraction of sp³-hybridized carbons (Fsp3) is 0.516. The Labute approximate surface area is 265 Å². The summed E-state index contributed by atoms with van der Waals surface area (Å²) in [5, 5.41) is 3.37. The molecular formula is C31H31ClF5N7O2. The number of benzene rings is 1.